The Labute approximate surface area is 116 Å². The van der Waals surface area contributed by atoms with Gasteiger partial charge < -0.3 is 5.32 Å². The van der Waals surface area contributed by atoms with E-state index in [1.807, 2.05) is 25.1 Å². The first-order valence-electron chi connectivity index (χ1n) is 6.42. The van der Waals surface area contributed by atoms with Crippen molar-refractivity contribution in [2.24, 2.45) is 0 Å². The van der Waals surface area contributed by atoms with Gasteiger partial charge in [0.25, 0.3) is 0 Å². The Balaban J connectivity index is 1.84. The molecule has 3 rings (SSSR count). The molecule has 0 spiro atoms. The Morgan fingerprint density at radius 1 is 1.35 bits per heavy atom. The standard InChI is InChI=1S/C15H14FN3O/c1-9(12-4-2-3-7-17-12)18-14-11-6-5-10(16)8-13(11)19-15(14)20/h2-9,14,18H,1H3,(H,19,20). The molecule has 0 bridgehead atoms. The average molecular weight is 271 g/mol. The van der Waals surface area contributed by atoms with Crippen molar-refractivity contribution in [1.29, 1.82) is 0 Å². The number of fused-ring (bicyclic) bond motifs is 1. The minimum absolute atomic E-state index is 0.0806. The molecule has 102 valence electrons. The quantitative estimate of drug-likeness (QED) is 0.902. The van der Waals surface area contributed by atoms with E-state index < -0.39 is 6.04 Å². The summed E-state index contributed by atoms with van der Waals surface area (Å²) in [7, 11) is 0. The molecule has 20 heavy (non-hydrogen) atoms. The number of amides is 1. The zero-order valence-corrected chi connectivity index (χ0v) is 10.9. The number of pyridine rings is 1. The number of halogens is 1. The smallest absolute Gasteiger partial charge is 0.246 e. The Bertz CT molecular complexity index is 645. The molecule has 5 heteroatoms. The molecule has 2 unspecified atom stereocenters. The molecule has 2 aromatic rings. The highest BCUT2D eigenvalue weighted by atomic mass is 19.1. The van der Waals surface area contributed by atoms with E-state index >= 15 is 0 Å². The van der Waals surface area contributed by atoms with E-state index in [0.29, 0.717) is 5.69 Å². The normalized spacial score (nSPS) is 18.5. The third-order valence-electron chi connectivity index (χ3n) is 3.39. The minimum Gasteiger partial charge on any atom is -0.324 e. The first kappa shape index (κ1) is 12.7. The van der Waals surface area contributed by atoms with Gasteiger partial charge in [0.15, 0.2) is 0 Å². The lowest BCUT2D eigenvalue weighted by atomic mass is 10.1. The molecule has 2 heterocycles. The van der Waals surface area contributed by atoms with E-state index in [2.05, 4.69) is 15.6 Å². The number of rotatable bonds is 3. The van der Waals surface area contributed by atoms with Gasteiger partial charge in [-0.15, -0.1) is 0 Å². The van der Waals surface area contributed by atoms with Crippen LogP contribution in [0.15, 0.2) is 42.6 Å². The summed E-state index contributed by atoms with van der Waals surface area (Å²) < 4.78 is 13.2. The third-order valence-corrected chi connectivity index (χ3v) is 3.39. The Kier molecular flexibility index (Phi) is 3.20. The molecule has 0 saturated heterocycles. The number of carbonyl (C=O) groups excluding carboxylic acids is 1. The Morgan fingerprint density at radius 3 is 2.95 bits per heavy atom. The maximum Gasteiger partial charge on any atom is 0.246 e. The summed E-state index contributed by atoms with van der Waals surface area (Å²) in [4.78, 5) is 16.3. The molecule has 0 fully saturated rings. The van der Waals surface area contributed by atoms with Crippen molar-refractivity contribution < 1.29 is 9.18 Å². The number of hydrogen-bond donors (Lipinski definition) is 2. The first-order valence-corrected chi connectivity index (χ1v) is 6.42. The van der Waals surface area contributed by atoms with Gasteiger partial charge >= 0.3 is 0 Å². The molecular formula is C15H14FN3O. The van der Waals surface area contributed by atoms with Crippen molar-refractivity contribution in [3.05, 3.63) is 59.7 Å². The summed E-state index contributed by atoms with van der Waals surface area (Å²) in [6.07, 6.45) is 1.71. The number of nitrogens with zero attached hydrogens (tertiary/aromatic N) is 1. The summed E-state index contributed by atoms with van der Waals surface area (Å²) in [6, 6.07) is 9.40. The van der Waals surface area contributed by atoms with Crippen LogP contribution in [0.3, 0.4) is 0 Å². The highest BCUT2D eigenvalue weighted by Gasteiger charge is 2.31. The average Bonchev–Trinajstić information content (AvgIpc) is 2.75. The molecule has 1 aromatic heterocycles. The van der Waals surface area contributed by atoms with Crippen molar-refractivity contribution in [3.8, 4) is 0 Å². The maximum atomic E-state index is 13.2. The lowest BCUT2D eigenvalue weighted by Crippen LogP contribution is -2.30. The number of aromatic nitrogens is 1. The summed E-state index contributed by atoms with van der Waals surface area (Å²) in [5.41, 5.74) is 2.15. The number of benzene rings is 1. The van der Waals surface area contributed by atoms with Crippen LogP contribution in [0.4, 0.5) is 10.1 Å². The fourth-order valence-electron chi connectivity index (χ4n) is 2.37. The molecule has 1 aliphatic rings. The molecule has 1 aromatic carbocycles. The van der Waals surface area contributed by atoms with E-state index in [0.717, 1.165) is 11.3 Å². The van der Waals surface area contributed by atoms with Gasteiger partial charge in [0.2, 0.25) is 5.91 Å². The van der Waals surface area contributed by atoms with Gasteiger partial charge in [-0.1, -0.05) is 12.1 Å². The van der Waals surface area contributed by atoms with Crippen LogP contribution in [0.2, 0.25) is 0 Å². The van der Waals surface area contributed by atoms with Gasteiger partial charge in [-0.2, -0.15) is 0 Å². The van der Waals surface area contributed by atoms with Gasteiger partial charge in [-0.25, -0.2) is 4.39 Å². The third kappa shape index (κ3) is 2.28. The molecule has 1 amide bonds. The molecule has 4 nitrogen and oxygen atoms in total. The number of nitrogens with one attached hydrogen (secondary N) is 2. The van der Waals surface area contributed by atoms with Crippen LogP contribution in [0, 0.1) is 5.82 Å². The SMILES string of the molecule is CC(NC1C(=O)Nc2cc(F)ccc21)c1ccccn1. The van der Waals surface area contributed by atoms with Crippen LogP contribution in [-0.4, -0.2) is 10.9 Å². The van der Waals surface area contributed by atoms with E-state index in [1.165, 1.54) is 12.1 Å². The van der Waals surface area contributed by atoms with Crippen LogP contribution in [0.5, 0.6) is 0 Å². The van der Waals surface area contributed by atoms with E-state index in [-0.39, 0.29) is 17.8 Å². The molecule has 2 N–H and O–H groups in total. The van der Waals surface area contributed by atoms with Gasteiger partial charge in [0, 0.05) is 23.5 Å². The lowest BCUT2D eigenvalue weighted by Gasteiger charge is -2.18. The summed E-state index contributed by atoms with van der Waals surface area (Å²) >= 11 is 0. The van der Waals surface area contributed by atoms with Crippen LogP contribution in [-0.2, 0) is 4.79 Å². The fourth-order valence-corrected chi connectivity index (χ4v) is 2.37. The predicted molar refractivity (Wildman–Crippen MR) is 73.6 cm³/mol. The molecule has 0 aliphatic carbocycles. The van der Waals surface area contributed by atoms with E-state index in [1.54, 1.807) is 12.3 Å². The molecular weight excluding hydrogens is 257 g/mol. The van der Waals surface area contributed by atoms with Crippen LogP contribution in [0.1, 0.15) is 30.3 Å². The maximum absolute atomic E-state index is 13.2. The monoisotopic (exact) mass is 271 g/mol. The van der Waals surface area contributed by atoms with Gasteiger partial charge in [-0.05, 0) is 31.2 Å². The Morgan fingerprint density at radius 2 is 2.20 bits per heavy atom. The van der Waals surface area contributed by atoms with Crippen molar-refractivity contribution in [3.63, 3.8) is 0 Å². The fraction of sp³-hybridized carbons (Fsp3) is 0.200. The predicted octanol–water partition coefficient (Wildman–Crippen LogP) is 2.56. The minimum atomic E-state index is -0.484. The van der Waals surface area contributed by atoms with Gasteiger partial charge in [0.1, 0.15) is 11.9 Å². The lowest BCUT2D eigenvalue weighted by molar-refractivity contribution is -0.117. The number of carbonyl (C=O) groups is 1. The summed E-state index contributed by atoms with van der Waals surface area (Å²) in [5, 5.41) is 5.91. The zero-order chi connectivity index (χ0) is 14.1. The highest BCUT2D eigenvalue weighted by molar-refractivity contribution is 6.02. The van der Waals surface area contributed by atoms with Crippen LogP contribution in [0.25, 0.3) is 0 Å². The first-order chi connectivity index (χ1) is 9.65. The Hall–Kier alpha value is -2.27. The van der Waals surface area contributed by atoms with E-state index in [4.69, 9.17) is 0 Å². The zero-order valence-electron chi connectivity index (χ0n) is 10.9. The molecule has 2 atom stereocenters. The van der Waals surface area contributed by atoms with Crippen molar-refractivity contribution in [1.82, 2.24) is 10.3 Å². The molecule has 1 aliphatic heterocycles. The summed E-state index contributed by atoms with van der Waals surface area (Å²) in [5.74, 6) is -0.532. The largest absolute Gasteiger partial charge is 0.324 e. The van der Waals surface area contributed by atoms with Crippen molar-refractivity contribution in [2.45, 2.75) is 19.0 Å². The molecule has 0 radical (unpaired) electrons. The number of hydrogen-bond acceptors (Lipinski definition) is 3. The molecule has 0 saturated carbocycles. The van der Waals surface area contributed by atoms with Crippen LogP contribution >= 0.6 is 0 Å². The van der Waals surface area contributed by atoms with Crippen LogP contribution < -0.4 is 10.6 Å². The second-order valence-electron chi connectivity index (χ2n) is 4.80. The highest BCUT2D eigenvalue weighted by Crippen LogP contribution is 2.32. The van der Waals surface area contributed by atoms with Crippen molar-refractivity contribution >= 4 is 11.6 Å². The number of anilines is 1. The van der Waals surface area contributed by atoms with Gasteiger partial charge in [0.05, 0.1) is 5.69 Å². The second-order valence-corrected chi connectivity index (χ2v) is 4.80. The topological polar surface area (TPSA) is 54.0 Å². The van der Waals surface area contributed by atoms with E-state index in [9.17, 15) is 9.18 Å². The second kappa shape index (κ2) is 5.02. The van der Waals surface area contributed by atoms with Crippen molar-refractivity contribution in [2.75, 3.05) is 5.32 Å². The summed E-state index contributed by atoms with van der Waals surface area (Å²) in [6.45, 7) is 1.94. The van der Waals surface area contributed by atoms with Gasteiger partial charge in [-0.3, -0.25) is 15.1 Å².